The molecule has 114 valence electrons. The number of nitrogens with one attached hydrogen (secondary N) is 1. The minimum absolute atomic E-state index is 0.146. The molecule has 21 heavy (non-hydrogen) atoms. The van der Waals surface area contributed by atoms with Crippen LogP contribution in [0, 0.1) is 6.92 Å². The Morgan fingerprint density at radius 1 is 1.48 bits per heavy atom. The second-order valence-electron chi connectivity index (χ2n) is 4.61. The van der Waals surface area contributed by atoms with Gasteiger partial charge in [0, 0.05) is 22.6 Å². The van der Waals surface area contributed by atoms with Crippen molar-refractivity contribution in [1.82, 2.24) is 9.71 Å². The van der Waals surface area contributed by atoms with Crippen LogP contribution >= 0.6 is 22.9 Å². The first-order valence-electron chi connectivity index (χ1n) is 6.26. The molecule has 0 aliphatic heterocycles. The molecule has 0 fully saturated rings. The maximum absolute atomic E-state index is 12.4. The summed E-state index contributed by atoms with van der Waals surface area (Å²) < 4.78 is 27.4. The zero-order valence-electron chi connectivity index (χ0n) is 11.6. The summed E-state index contributed by atoms with van der Waals surface area (Å²) >= 11 is 7.41. The van der Waals surface area contributed by atoms with Crippen molar-refractivity contribution in [3.8, 4) is 0 Å². The summed E-state index contributed by atoms with van der Waals surface area (Å²) in [7, 11) is -3.65. The fourth-order valence-electron chi connectivity index (χ4n) is 1.80. The zero-order valence-corrected chi connectivity index (χ0v) is 14.0. The van der Waals surface area contributed by atoms with Gasteiger partial charge in [0.1, 0.15) is 5.01 Å². The number of halogens is 1. The molecule has 0 aliphatic rings. The van der Waals surface area contributed by atoms with Crippen LogP contribution in [0.4, 0.5) is 0 Å². The Morgan fingerprint density at radius 2 is 2.19 bits per heavy atom. The first kappa shape index (κ1) is 16.4. The van der Waals surface area contributed by atoms with Gasteiger partial charge in [0.2, 0.25) is 10.0 Å². The molecule has 1 atom stereocenters. The van der Waals surface area contributed by atoms with E-state index in [2.05, 4.69) is 9.71 Å². The van der Waals surface area contributed by atoms with Crippen molar-refractivity contribution in [1.29, 1.82) is 0 Å². The van der Waals surface area contributed by atoms with Crippen LogP contribution in [0.1, 0.15) is 28.4 Å². The van der Waals surface area contributed by atoms with Crippen molar-refractivity contribution in [3.63, 3.8) is 0 Å². The van der Waals surface area contributed by atoms with Gasteiger partial charge in [0.05, 0.1) is 10.9 Å². The topological polar surface area (TPSA) is 85.1 Å². The smallest absolute Gasteiger partial charge is 0.241 e. The van der Waals surface area contributed by atoms with E-state index in [0.29, 0.717) is 10.6 Å². The summed E-state index contributed by atoms with van der Waals surface area (Å²) in [6, 6.07) is 4.09. The third-order valence-corrected chi connectivity index (χ3v) is 5.89. The van der Waals surface area contributed by atoms with Crippen LogP contribution in [0.2, 0.25) is 5.02 Å². The van der Waals surface area contributed by atoms with Crippen LogP contribution in [0.25, 0.3) is 0 Å². The number of hydrogen-bond donors (Lipinski definition) is 2. The summed E-state index contributed by atoms with van der Waals surface area (Å²) in [5, 5.41) is 1.18. The van der Waals surface area contributed by atoms with Crippen LogP contribution in [-0.4, -0.2) is 13.4 Å². The number of rotatable bonds is 5. The SMILES string of the molecule is Cc1cnc(C(C)NS(=O)(=O)c2ccc(Cl)c(CN)c2)s1. The van der Waals surface area contributed by atoms with Crippen LogP contribution in [0.3, 0.4) is 0 Å². The molecule has 1 heterocycles. The van der Waals surface area contributed by atoms with E-state index < -0.39 is 16.1 Å². The van der Waals surface area contributed by atoms with E-state index >= 15 is 0 Å². The molecule has 5 nitrogen and oxygen atoms in total. The summed E-state index contributed by atoms with van der Waals surface area (Å²) in [6.45, 7) is 3.87. The number of aromatic nitrogens is 1. The van der Waals surface area contributed by atoms with E-state index in [-0.39, 0.29) is 11.4 Å². The van der Waals surface area contributed by atoms with Gasteiger partial charge in [-0.2, -0.15) is 0 Å². The Hall–Kier alpha value is -0.990. The van der Waals surface area contributed by atoms with Crippen molar-refractivity contribution >= 4 is 33.0 Å². The molecule has 8 heteroatoms. The molecule has 1 aromatic carbocycles. The van der Waals surface area contributed by atoms with E-state index in [4.69, 9.17) is 17.3 Å². The monoisotopic (exact) mass is 345 g/mol. The van der Waals surface area contributed by atoms with Gasteiger partial charge in [-0.05, 0) is 37.6 Å². The molecular weight excluding hydrogens is 330 g/mol. The van der Waals surface area contributed by atoms with Crippen molar-refractivity contribution in [2.75, 3.05) is 0 Å². The lowest BCUT2D eigenvalue weighted by Crippen LogP contribution is -2.27. The average molecular weight is 346 g/mol. The van der Waals surface area contributed by atoms with Crippen molar-refractivity contribution < 1.29 is 8.42 Å². The lowest BCUT2D eigenvalue weighted by Gasteiger charge is -2.13. The third-order valence-electron chi connectivity index (χ3n) is 2.89. The number of aryl methyl sites for hydroxylation is 1. The van der Waals surface area contributed by atoms with Gasteiger partial charge in [-0.3, -0.25) is 0 Å². The molecule has 0 saturated carbocycles. The standard InChI is InChI=1S/C13H16ClN3O2S2/c1-8-7-16-13(20-8)9(2)17-21(18,19)11-3-4-12(14)10(5-11)6-15/h3-5,7,9,17H,6,15H2,1-2H3. The Kier molecular flexibility index (Phi) is 5.00. The number of nitrogens with two attached hydrogens (primary N) is 1. The molecular formula is C13H16ClN3O2S2. The van der Waals surface area contributed by atoms with E-state index in [1.54, 1.807) is 13.1 Å². The first-order chi connectivity index (χ1) is 9.83. The Balaban J connectivity index is 2.26. The number of nitrogens with zero attached hydrogens (tertiary/aromatic N) is 1. The minimum atomic E-state index is -3.65. The second kappa shape index (κ2) is 6.41. The lowest BCUT2D eigenvalue weighted by atomic mass is 10.2. The van der Waals surface area contributed by atoms with Gasteiger partial charge in [0.15, 0.2) is 0 Å². The molecule has 1 unspecified atom stereocenters. The van der Waals surface area contributed by atoms with E-state index in [0.717, 1.165) is 9.88 Å². The predicted molar refractivity (Wildman–Crippen MR) is 84.9 cm³/mol. The van der Waals surface area contributed by atoms with Crippen LogP contribution < -0.4 is 10.5 Å². The molecule has 0 spiro atoms. The van der Waals surface area contributed by atoms with E-state index in [1.807, 2.05) is 6.92 Å². The molecule has 1 aromatic heterocycles. The Labute approximate surface area is 133 Å². The van der Waals surface area contributed by atoms with Crippen LogP contribution in [-0.2, 0) is 16.6 Å². The fraction of sp³-hybridized carbons (Fsp3) is 0.308. The van der Waals surface area contributed by atoms with Gasteiger partial charge in [-0.1, -0.05) is 11.6 Å². The van der Waals surface area contributed by atoms with Crippen molar-refractivity contribution in [3.05, 3.63) is 44.9 Å². The molecule has 0 saturated heterocycles. The van der Waals surface area contributed by atoms with E-state index in [9.17, 15) is 8.42 Å². The maximum atomic E-state index is 12.4. The summed E-state index contributed by atoms with van der Waals surface area (Å²) in [4.78, 5) is 5.37. The lowest BCUT2D eigenvalue weighted by molar-refractivity contribution is 0.566. The normalized spacial score (nSPS) is 13.3. The van der Waals surface area contributed by atoms with Crippen molar-refractivity contribution in [2.24, 2.45) is 5.73 Å². The molecule has 0 aliphatic carbocycles. The molecule has 0 radical (unpaired) electrons. The fourth-order valence-corrected chi connectivity index (χ4v) is 4.10. The molecule has 3 N–H and O–H groups in total. The van der Waals surface area contributed by atoms with Crippen LogP contribution in [0.5, 0.6) is 0 Å². The van der Waals surface area contributed by atoms with Gasteiger partial charge in [0.25, 0.3) is 0 Å². The minimum Gasteiger partial charge on any atom is -0.326 e. The molecule has 2 rings (SSSR count). The zero-order chi connectivity index (χ0) is 15.6. The maximum Gasteiger partial charge on any atom is 0.241 e. The number of benzene rings is 1. The highest BCUT2D eigenvalue weighted by atomic mass is 35.5. The largest absolute Gasteiger partial charge is 0.326 e. The number of thiazole rings is 1. The Morgan fingerprint density at radius 3 is 2.76 bits per heavy atom. The molecule has 0 bridgehead atoms. The third kappa shape index (κ3) is 3.81. The highest BCUT2D eigenvalue weighted by Crippen LogP contribution is 2.23. The summed E-state index contributed by atoms with van der Waals surface area (Å²) in [5.74, 6) is 0. The van der Waals surface area contributed by atoms with Crippen molar-refractivity contribution in [2.45, 2.75) is 31.3 Å². The van der Waals surface area contributed by atoms with Gasteiger partial charge in [-0.15, -0.1) is 11.3 Å². The van der Waals surface area contributed by atoms with Gasteiger partial charge >= 0.3 is 0 Å². The van der Waals surface area contributed by atoms with Gasteiger partial charge in [-0.25, -0.2) is 18.1 Å². The second-order valence-corrected chi connectivity index (χ2v) is 8.00. The molecule has 0 amide bonds. The quantitative estimate of drug-likeness (QED) is 0.872. The Bertz CT molecular complexity index is 744. The molecule has 2 aromatic rings. The highest BCUT2D eigenvalue weighted by molar-refractivity contribution is 7.89. The highest BCUT2D eigenvalue weighted by Gasteiger charge is 2.20. The summed E-state index contributed by atoms with van der Waals surface area (Å²) in [6.07, 6.45) is 1.72. The van der Waals surface area contributed by atoms with Crippen LogP contribution in [0.15, 0.2) is 29.3 Å². The van der Waals surface area contributed by atoms with Gasteiger partial charge < -0.3 is 5.73 Å². The number of sulfonamides is 1. The first-order valence-corrected chi connectivity index (χ1v) is 8.94. The number of hydrogen-bond acceptors (Lipinski definition) is 5. The van der Waals surface area contributed by atoms with E-state index in [1.165, 1.54) is 29.5 Å². The predicted octanol–water partition coefficient (Wildman–Crippen LogP) is 2.60. The average Bonchev–Trinajstić information content (AvgIpc) is 2.85. The summed E-state index contributed by atoms with van der Waals surface area (Å²) in [5.41, 5.74) is 6.14.